The molecular formula is C34H27F6N3O4S2. The number of aromatic nitrogens is 1. The lowest BCUT2D eigenvalue weighted by Gasteiger charge is -2.31. The molecule has 1 N–H and O–H groups in total. The van der Waals surface area contributed by atoms with E-state index in [1.807, 2.05) is 32.9 Å². The number of carbonyl (C=O) groups is 3. The molecule has 3 heterocycles. The van der Waals surface area contributed by atoms with Crippen molar-refractivity contribution in [1.29, 1.82) is 0 Å². The van der Waals surface area contributed by atoms with Crippen LogP contribution in [0.1, 0.15) is 53.8 Å². The van der Waals surface area contributed by atoms with Crippen LogP contribution in [-0.2, 0) is 38.7 Å². The topological polar surface area (TPSA) is 88.5 Å². The first-order valence-corrected chi connectivity index (χ1v) is 16.6. The lowest BCUT2D eigenvalue weighted by atomic mass is 9.81. The van der Waals surface area contributed by atoms with Gasteiger partial charge >= 0.3 is 17.2 Å². The zero-order valence-corrected chi connectivity index (χ0v) is 27.6. The number of thiazole rings is 1. The number of halogens is 6. The van der Waals surface area contributed by atoms with Crippen molar-refractivity contribution in [3.8, 4) is 0 Å². The van der Waals surface area contributed by atoms with Gasteiger partial charge in [-0.2, -0.15) is 26.3 Å². The summed E-state index contributed by atoms with van der Waals surface area (Å²) in [5.74, 6) is -4.91. The van der Waals surface area contributed by atoms with E-state index in [1.165, 1.54) is 12.1 Å². The Hall–Kier alpha value is -4.37. The number of rotatable bonds is 5. The second-order valence-electron chi connectivity index (χ2n) is 12.7. The maximum atomic E-state index is 14.1. The third-order valence-corrected chi connectivity index (χ3v) is 11.0. The van der Waals surface area contributed by atoms with Crippen LogP contribution in [0.4, 0.5) is 37.7 Å². The van der Waals surface area contributed by atoms with Crippen molar-refractivity contribution in [1.82, 2.24) is 4.57 Å². The number of carbonyl (C=O) groups excluding carboxylic acids is 3. The summed E-state index contributed by atoms with van der Waals surface area (Å²) in [6.07, 6.45) is -9.65. The Morgan fingerprint density at radius 3 is 2.00 bits per heavy atom. The molecule has 1 saturated heterocycles. The summed E-state index contributed by atoms with van der Waals surface area (Å²) < 4.78 is 83.8. The third kappa shape index (κ3) is 6.29. The van der Waals surface area contributed by atoms with Gasteiger partial charge in [0.15, 0.2) is 0 Å². The van der Waals surface area contributed by atoms with E-state index in [2.05, 4.69) is 5.32 Å². The number of hydrogen-bond acceptors (Lipinski definition) is 6. The number of nitrogens with zero attached hydrogens (tertiary/aromatic N) is 2. The minimum Gasteiger partial charge on any atom is -0.324 e. The summed E-state index contributed by atoms with van der Waals surface area (Å²) in [6.45, 7) is 5.26. The van der Waals surface area contributed by atoms with E-state index in [4.69, 9.17) is 0 Å². The summed E-state index contributed by atoms with van der Waals surface area (Å²) in [5.41, 5.74) is -2.19. The summed E-state index contributed by atoms with van der Waals surface area (Å²) >= 11 is 1.49. The minimum atomic E-state index is -4.88. The van der Waals surface area contributed by atoms with E-state index in [-0.39, 0.29) is 10.4 Å². The van der Waals surface area contributed by atoms with Gasteiger partial charge in [0.25, 0.3) is 0 Å². The first-order chi connectivity index (χ1) is 22.9. The fraction of sp³-hybridized carbons (Fsp3) is 0.294. The van der Waals surface area contributed by atoms with Gasteiger partial charge < -0.3 is 5.32 Å². The molecule has 3 aromatic carbocycles. The first kappa shape index (κ1) is 34.5. The predicted molar refractivity (Wildman–Crippen MR) is 173 cm³/mol. The van der Waals surface area contributed by atoms with Gasteiger partial charge in [0, 0.05) is 10.8 Å². The average molecular weight is 720 g/mol. The van der Waals surface area contributed by atoms with E-state index >= 15 is 0 Å². The molecule has 0 bridgehead atoms. The second-order valence-corrected chi connectivity index (χ2v) is 14.8. The smallest absolute Gasteiger partial charge is 0.324 e. The van der Waals surface area contributed by atoms with Crippen LogP contribution in [0.2, 0.25) is 0 Å². The number of anilines is 2. The number of alkyl halides is 6. The Bertz CT molecular complexity index is 2030. The molecule has 0 unspecified atom stereocenters. The van der Waals surface area contributed by atoms with Crippen LogP contribution in [0.3, 0.4) is 0 Å². The maximum absolute atomic E-state index is 14.1. The normalized spacial score (nSPS) is 19.5. The number of benzene rings is 3. The fourth-order valence-electron chi connectivity index (χ4n) is 6.12. The number of amides is 3. The van der Waals surface area contributed by atoms with Crippen LogP contribution >= 0.6 is 23.1 Å². The summed E-state index contributed by atoms with van der Waals surface area (Å²) in [7, 11) is 0. The summed E-state index contributed by atoms with van der Waals surface area (Å²) in [6, 6.07) is 15.7. The van der Waals surface area contributed by atoms with E-state index in [1.54, 1.807) is 12.1 Å². The van der Waals surface area contributed by atoms with Crippen molar-refractivity contribution < 1.29 is 40.7 Å². The van der Waals surface area contributed by atoms with Gasteiger partial charge in [0.1, 0.15) is 11.8 Å². The predicted octanol–water partition coefficient (Wildman–Crippen LogP) is 7.68. The molecule has 256 valence electrons. The lowest BCUT2D eigenvalue weighted by molar-refractivity contribution is -0.138. The molecule has 0 saturated carbocycles. The van der Waals surface area contributed by atoms with E-state index in [0.29, 0.717) is 26.7 Å². The Labute approximate surface area is 283 Å². The van der Waals surface area contributed by atoms with Crippen molar-refractivity contribution >= 4 is 52.2 Å². The van der Waals surface area contributed by atoms with Crippen LogP contribution < -0.4 is 15.1 Å². The number of imide groups is 1. The SMILES string of the molecule is CC(C)(C)c1ccc([C@@H]2c3sc(=O)n(CC(=O)Nc4ccccc4C(F)(F)F)c3S[C@H]3C(=O)N(c4ccccc4C(F)(F)F)C(=O)[C@@H]23)cc1. The highest BCUT2D eigenvalue weighted by Gasteiger charge is 2.58. The molecule has 3 atom stereocenters. The van der Waals surface area contributed by atoms with E-state index < -0.39 is 81.1 Å². The van der Waals surface area contributed by atoms with Crippen molar-refractivity contribution in [3.05, 3.63) is 110 Å². The number of fused-ring (bicyclic) bond motifs is 2. The first-order valence-electron chi connectivity index (χ1n) is 14.9. The molecule has 6 rings (SSSR count). The molecule has 0 aliphatic carbocycles. The van der Waals surface area contributed by atoms with Gasteiger partial charge in [0.2, 0.25) is 17.7 Å². The van der Waals surface area contributed by atoms with Crippen molar-refractivity contribution in [2.75, 3.05) is 10.2 Å². The zero-order chi connectivity index (χ0) is 35.6. The van der Waals surface area contributed by atoms with Crippen molar-refractivity contribution in [2.24, 2.45) is 5.92 Å². The number of thioether (sulfide) groups is 1. The van der Waals surface area contributed by atoms with Crippen molar-refractivity contribution in [2.45, 2.75) is 61.3 Å². The molecule has 3 amide bonds. The molecule has 0 radical (unpaired) electrons. The lowest BCUT2D eigenvalue weighted by Crippen LogP contribution is -2.33. The van der Waals surface area contributed by atoms with Crippen LogP contribution in [0, 0.1) is 5.92 Å². The molecule has 4 aromatic rings. The van der Waals surface area contributed by atoms with Crippen molar-refractivity contribution in [3.63, 3.8) is 0 Å². The van der Waals surface area contributed by atoms with Crippen LogP contribution in [0.15, 0.2) is 82.6 Å². The highest BCUT2D eigenvalue weighted by molar-refractivity contribution is 8.00. The molecule has 49 heavy (non-hydrogen) atoms. The molecular weight excluding hydrogens is 693 g/mol. The second kappa shape index (κ2) is 12.2. The maximum Gasteiger partial charge on any atom is 0.418 e. The zero-order valence-electron chi connectivity index (χ0n) is 26.0. The van der Waals surface area contributed by atoms with Gasteiger partial charge in [-0.15, -0.1) is 0 Å². The Morgan fingerprint density at radius 1 is 0.796 bits per heavy atom. The Balaban J connectivity index is 1.44. The summed E-state index contributed by atoms with van der Waals surface area (Å²) in [4.78, 5) is 54.8. The molecule has 2 aliphatic heterocycles. The van der Waals surface area contributed by atoms with Crippen LogP contribution in [0.5, 0.6) is 0 Å². The van der Waals surface area contributed by atoms with Gasteiger partial charge in [-0.25, -0.2) is 4.90 Å². The number of hydrogen-bond donors (Lipinski definition) is 1. The van der Waals surface area contributed by atoms with Crippen LogP contribution in [0.25, 0.3) is 0 Å². The monoisotopic (exact) mass is 719 g/mol. The quantitative estimate of drug-likeness (QED) is 0.169. The van der Waals surface area contributed by atoms with Crippen LogP contribution in [-0.4, -0.2) is 27.5 Å². The largest absolute Gasteiger partial charge is 0.418 e. The molecule has 1 fully saturated rings. The fourth-order valence-corrected chi connectivity index (χ4v) is 8.90. The van der Waals surface area contributed by atoms with Gasteiger partial charge in [0.05, 0.1) is 33.4 Å². The Kier molecular flexibility index (Phi) is 8.58. The van der Waals surface area contributed by atoms with E-state index in [0.717, 1.165) is 58.3 Å². The molecule has 0 spiro atoms. The van der Waals surface area contributed by atoms with E-state index in [9.17, 15) is 45.5 Å². The molecule has 2 aliphatic rings. The van der Waals surface area contributed by atoms with Gasteiger partial charge in [-0.1, -0.05) is 92.4 Å². The third-order valence-electron chi connectivity index (χ3n) is 8.44. The highest BCUT2D eigenvalue weighted by atomic mass is 32.2. The Morgan fingerprint density at radius 2 is 1.39 bits per heavy atom. The summed E-state index contributed by atoms with van der Waals surface area (Å²) in [5, 5.41) is 1.06. The van der Waals surface area contributed by atoms with Gasteiger partial charge in [-0.05, 0) is 40.8 Å². The number of nitrogens with one attached hydrogen (secondary N) is 1. The minimum absolute atomic E-state index is 0.132. The highest BCUT2D eigenvalue weighted by Crippen LogP contribution is 2.54. The van der Waals surface area contributed by atoms with Gasteiger partial charge in [-0.3, -0.25) is 23.7 Å². The molecule has 7 nitrogen and oxygen atoms in total. The molecule has 1 aromatic heterocycles. The molecule has 15 heteroatoms. The average Bonchev–Trinajstić information content (AvgIpc) is 3.46. The standard InChI is InChI=1S/C34H27F6N3O4S2/c1-32(2,3)18-14-12-17(13-15-18)24-25-26(29(46)43(28(25)45)22-11-7-5-9-20(22)34(38,39)40)48-30-27(24)49-31(47)42(30)16-23(44)41-21-10-6-4-8-19(21)33(35,36)37/h4-15,24-26H,16H2,1-3H3,(H,41,44)/t24-,25-,26+/m0/s1. The number of para-hydroxylation sites is 2.